The normalized spacial score (nSPS) is 17.6. The Bertz CT molecular complexity index is 560. The Morgan fingerprint density at radius 1 is 1.40 bits per heavy atom. The molecule has 1 fully saturated rings. The lowest BCUT2D eigenvalue weighted by Gasteiger charge is -2.41. The molecule has 0 saturated carbocycles. The Hall–Kier alpha value is -1.18. The lowest BCUT2D eigenvalue weighted by atomic mass is 9.79. The quantitative estimate of drug-likeness (QED) is 0.834. The molecule has 1 aliphatic heterocycles. The fraction of sp³-hybridized carbons (Fsp3) is 0.778. The van der Waals surface area contributed by atoms with E-state index in [1.807, 2.05) is 32.6 Å². The lowest BCUT2D eigenvalue weighted by molar-refractivity contribution is -0.00662. The number of hydrogen-bond donors (Lipinski definition) is 1. The first-order valence-corrected chi connectivity index (χ1v) is 9.70. The highest BCUT2D eigenvalue weighted by atomic mass is 32.1. The van der Waals surface area contributed by atoms with E-state index in [1.165, 1.54) is 0 Å². The van der Waals surface area contributed by atoms with Crippen molar-refractivity contribution in [3.63, 3.8) is 0 Å². The molecule has 25 heavy (non-hydrogen) atoms. The van der Waals surface area contributed by atoms with Gasteiger partial charge in [-0.2, -0.15) is 0 Å². The molecule has 1 aliphatic rings. The van der Waals surface area contributed by atoms with Crippen LogP contribution in [0.15, 0.2) is 5.38 Å². The third-order valence-electron chi connectivity index (χ3n) is 4.40. The van der Waals surface area contributed by atoms with E-state index in [9.17, 15) is 4.79 Å². The molecule has 142 valence electrons. The predicted molar refractivity (Wildman–Crippen MR) is 99.9 cm³/mol. The summed E-state index contributed by atoms with van der Waals surface area (Å²) in [5, 5.41) is 6.71. The molecular formula is C18H31N3O3S. The van der Waals surface area contributed by atoms with Crippen LogP contribution in [0.3, 0.4) is 0 Å². The number of amides is 1. The van der Waals surface area contributed by atoms with Gasteiger partial charge in [-0.3, -0.25) is 0 Å². The summed E-state index contributed by atoms with van der Waals surface area (Å²) in [4.78, 5) is 18.5. The molecule has 0 spiro atoms. The van der Waals surface area contributed by atoms with Crippen LogP contribution in [0.2, 0.25) is 0 Å². The summed E-state index contributed by atoms with van der Waals surface area (Å²) in [5.41, 5.74) is 0.685. The number of nitrogens with zero attached hydrogens (tertiary/aromatic N) is 2. The van der Waals surface area contributed by atoms with Crippen molar-refractivity contribution >= 4 is 17.4 Å². The molecule has 1 aromatic heterocycles. The van der Waals surface area contributed by atoms with Crippen molar-refractivity contribution in [3.8, 4) is 0 Å². The van der Waals surface area contributed by atoms with Crippen LogP contribution in [0.1, 0.15) is 44.3 Å². The minimum atomic E-state index is -0.453. The van der Waals surface area contributed by atoms with Crippen LogP contribution < -0.4 is 5.32 Å². The smallest absolute Gasteiger partial charge is 0.410 e. The van der Waals surface area contributed by atoms with E-state index in [2.05, 4.69) is 15.7 Å². The van der Waals surface area contributed by atoms with Crippen molar-refractivity contribution in [3.05, 3.63) is 16.1 Å². The van der Waals surface area contributed by atoms with E-state index in [4.69, 9.17) is 9.47 Å². The Kier molecular flexibility index (Phi) is 6.82. The number of thiazole rings is 1. The zero-order valence-corrected chi connectivity index (χ0v) is 16.9. The van der Waals surface area contributed by atoms with Crippen molar-refractivity contribution in [2.45, 2.75) is 52.7 Å². The van der Waals surface area contributed by atoms with Crippen LogP contribution in [-0.4, -0.2) is 54.9 Å². The number of carbonyl (C=O) groups is 1. The highest BCUT2D eigenvalue weighted by molar-refractivity contribution is 7.09. The Morgan fingerprint density at radius 2 is 2.08 bits per heavy atom. The van der Waals surface area contributed by atoms with E-state index in [-0.39, 0.29) is 11.5 Å². The third kappa shape index (κ3) is 6.24. The Morgan fingerprint density at radius 3 is 2.60 bits per heavy atom. The van der Waals surface area contributed by atoms with Crippen molar-refractivity contribution < 1.29 is 14.3 Å². The number of aromatic nitrogens is 1. The first-order valence-electron chi connectivity index (χ1n) is 8.82. The molecule has 1 amide bonds. The zero-order valence-electron chi connectivity index (χ0n) is 16.1. The molecule has 0 aliphatic carbocycles. The van der Waals surface area contributed by atoms with Gasteiger partial charge in [0, 0.05) is 44.1 Å². The van der Waals surface area contributed by atoms with Crippen molar-refractivity contribution in [1.82, 2.24) is 15.2 Å². The van der Waals surface area contributed by atoms with Gasteiger partial charge in [-0.05, 0) is 40.5 Å². The van der Waals surface area contributed by atoms with Crippen LogP contribution >= 0.6 is 11.3 Å². The van der Waals surface area contributed by atoms with Gasteiger partial charge < -0.3 is 19.7 Å². The number of hydrogen-bond acceptors (Lipinski definition) is 6. The number of carbonyl (C=O) groups excluding carboxylic acids is 1. The van der Waals surface area contributed by atoms with E-state index >= 15 is 0 Å². The van der Waals surface area contributed by atoms with Crippen LogP contribution in [0.25, 0.3) is 0 Å². The standard InChI is InChI=1S/C18H31N3O3S/c1-14-20-15(11-25-14)10-19-12-18(13-23-5)6-8-21(9-7-18)16(22)24-17(2,3)4/h11,19H,6-10,12-13H2,1-5H3. The number of likely N-dealkylation sites (tertiary alicyclic amines) is 1. The van der Waals surface area contributed by atoms with E-state index in [1.54, 1.807) is 18.4 Å². The second-order valence-corrected chi connectivity index (χ2v) is 8.92. The Labute approximate surface area is 154 Å². The van der Waals surface area contributed by atoms with Crippen molar-refractivity contribution in [2.24, 2.45) is 5.41 Å². The van der Waals surface area contributed by atoms with Gasteiger partial charge in [-0.25, -0.2) is 9.78 Å². The molecule has 2 rings (SSSR count). The summed E-state index contributed by atoms with van der Waals surface area (Å²) < 4.78 is 11.0. The highest BCUT2D eigenvalue weighted by Crippen LogP contribution is 2.32. The van der Waals surface area contributed by atoms with Crippen molar-refractivity contribution in [1.29, 1.82) is 0 Å². The highest BCUT2D eigenvalue weighted by Gasteiger charge is 2.37. The first kappa shape index (κ1) is 20.1. The average Bonchev–Trinajstić information content (AvgIpc) is 2.92. The van der Waals surface area contributed by atoms with Gasteiger partial charge in [0.05, 0.1) is 17.3 Å². The minimum absolute atomic E-state index is 0.0539. The molecule has 0 unspecified atom stereocenters. The van der Waals surface area contributed by atoms with Gasteiger partial charge in [0.2, 0.25) is 0 Å². The molecule has 0 bridgehead atoms. The average molecular weight is 370 g/mol. The fourth-order valence-corrected chi connectivity index (χ4v) is 3.73. The molecule has 0 atom stereocenters. The number of ether oxygens (including phenoxy) is 2. The summed E-state index contributed by atoms with van der Waals surface area (Å²) in [6.07, 6.45) is 1.59. The molecule has 2 heterocycles. The molecule has 1 saturated heterocycles. The maximum Gasteiger partial charge on any atom is 0.410 e. The summed E-state index contributed by atoms with van der Waals surface area (Å²) in [7, 11) is 1.74. The fourth-order valence-electron chi connectivity index (χ4n) is 3.11. The zero-order chi connectivity index (χ0) is 18.5. The molecule has 7 heteroatoms. The molecule has 1 N–H and O–H groups in total. The maximum absolute atomic E-state index is 12.2. The van der Waals surface area contributed by atoms with Crippen LogP contribution in [0, 0.1) is 12.3 Å². The van der Waals surface area contributed by atoms with Gasteiger partial charge in [0.25, 0.3) is 0 Å². The molecule has 1 aromatic rings. The van der Waals surface area contributed by atoms with Gasteiger partial charge in [-0.15, -0.1) is 11.3 Å². The van der Waals surface area contributed by atoms with Crippen LogP contribution in [0.4, 0.5) is 4.79 Å². The number of nitrogens with one attached hydrogen (secondary N) is 1. The first-order chi connectivity index (χ1) is 11.7. The van der Waals surface area contributed by atoms with Crippen LogP contribution in [-0.2, 0) is 16.0 Å². The van der Waals surface area contributed by atoms with Gasteiger partial charge in [0.1, 0.15) is 5.60 Å². The lowest BCUT2D eigenvalue weighted by Crippen LogP contribution is -2.50. The molecule has 0 radical (unpaired) electrons. The number of methoxy groups -OCH3 is 1. The number of piperidine rings is 1. The van der Waals surface area contributed by atoms with E-state index in [0.717, 1.165) is 36.6 Å². The van der Waals surface area contributed by atoms with Crippen molar-refractivity contribution in [2.75, 3.05) is 33.4 Å². The summed E-state index contributed by atoms with van der Waals surface area (Å²) >= 11 is 1.67. The molecule has 0 aromatic carbocycles. The largest absolute Gasteiger partial charge is 0.444 e. The summed E-state index contributed by atoms with van der Waals surface area (Å²) in [5.74, 6) is 0. The predicted octanol–water partition coefficient (Wildman–Crippen LogP) is 3.20. The topological polar surface area (TPSA) is 63.7 Å². The second-order valence-electron chi connectivity index (χ2n) is 7.86. The maximum atomic E-state index is 12.2. The number of rotatable bonds is 6. The molecular weight excluding hydrogens is 338 g/mol. The molecule has 6 nitrogen and oxygen atoms in total. The number of aryl methyl sites for hydroxylation is 1. The van der Waals surface area contributed by atoms with E-state index in [0.29, 0.717) is 19.7 Å². The van der Waals surface area contributed by atoms with E-state index < -0.39 is 5.60 Å². The second kappa shape index (κ2) is 8.47. The Balaban J connectivity index is 1.85. The summed E-state index contributed by atoms with van der Waals surface area (Å²) in [6, 6.07) is 0. The van der Waals surface area contributed by atoms with Crippen LogP contribution in [0.5, 0.6) is 0 Å². The van der Waals surface area contributed by atoms with Gasteiger partial charge >= 0.3 is 6.09 Å². The van der Waals surface area contributed by atoms with Gasteiger partial charge in [0.15, 0.2) is 0 Å². The summed E-state index contributed by atoms with van der Waals surface area (Å²) in [6.45, 7) is 11.4. The SMILES string of the molecule is COCC1(CNCc2csc(C)n2)CCN(C(=O)OC(C)(C)C)CC1. The minimum Gasteiger partial charge on any atom is -0.444 e. The third-order valence-corrected chi connectivity index (χ3v) is 5.22. The van der Waals surface area contributed by atoms with Gasteiger partial charge in [-0.1, -0.05) is 0 Å². The monoisotopic (exact) mass is 369 g/mol.